The Bertz CT molecular complexity index is 651. The number of nitrogens with zero attached hydrogens (tertiary/aromatic N) is 1. The molecule has 122 valence electrons. The van der Waals surface area contributed by atoms with E-state index in [9.17, 15) is 9.90 Å². The highest BCUT2D eigenvalue weighted by Crippen LogP contribution is 2.19. The molecule has 0 saturated carbocycles. The normalized spacial score (nSPS) is 12.2. The lowest BCUT2D eigenvalue weighted by Gasteiger charge is -2.24. The number of hydrogen-bond donors (Lipinski definition) is 2. The van der Waals surface area contributed by atoms with E-state index >= 15 is 0 Å². The first-order chi connectivity index (χ1) is 11.0. The van der Waals surface area contributed by atoms with Gasteiger partial charge in [-0.1, -0.05) is 42.0 Å². The van der Waals surface area contributed by atoms with Crippen LogP contribution in [0, 0.1) is 6.92 Å². The third-order valence-corrected chi connectivity index (χ3v) is 3.77. The maximum atomic E-state index is 12.5. The maximum Gasteiger partial charge on any atom is 0.241 e. The summed E-state index contributed by atoms with van der Waals surface area (Å²) in [5, 5.41) is 12.3. The number of amides is 1. The highest BCUT2D eigenvalue weighted by molar-refractivity contribution is 5.83. The van der Waals surface area contributed by atoms with Crippen LogP contribution in [-0.4, -0.2) is 36.6 Å². The van der Waals surface area contributed by atoms with E-state index in [-0.39, 0.29) is 17.7 Å². The summed E-state index contributed by atoms with van der Waals surface area (Å²) in [5.74, 6) is 0.254. The molecule has 0 saturated heterocycles. The van der Waals surface area contributed by atoms with Gasteiger partial charge in [-0.15, -0.1) is 0 Å². The SMILES string of the molecule is Cc1cccc([C@@H](C(=O)NCCc2ccc(O)cc2)N(C)C)c1. The molecule has 1 amide bonds. The van der Waals surface area contributed by atoms with Crippen molar-refractivity contribution in [3.63, 3.8) is 0 Å². The van der Waals surface area contributed by atoms with Gasteiger partial charge in [0.15, 0.2) is 0 Å². The van der Waals surface area contributed by atoms with Gasteiger partial charge in [0.1, 0.15) is 11.8 Å². The number of carbonyl (C=O) groups is 1. The number of likely N-dealkylation sites (N-methyl/N-ethyl adjacent to an activating group) is 1. The summed E-state index contributed by atoms with van der Waals surface area (Å²) < 4.78 is 0. The van der Waals surface area contributed by atoms with Crippen molar-refractivity contribution in [3.8, 4) is 5.75 Å². The molecule has 0 radical (unpaired) electrons. The van der Waals surface area contributed by atoms with E-state index in [4.69, 9.17) is 0 Å². The smallest absolute Gasteiger partial charge is 0.241 e. The molecule has 2 N–H and O–H groups in total. The molecule has 4 heteroatoms. The van der Waals surface area contributed by atoms with Crippen LogP contribution in [0.3, 0.4) is 0 Å². The third kappa shape index (κ3) is 4.83. The zero-order valence-electron chi connectivity index (χ0n) is 13.9. The molecule has 23 heavy (non-hydrogen) atoms. The van der Waals surface area contributed by atoms with E-state index in [1.165, 1.54) is 0 Å². The number of aryl methyl sites for hydroxylation is 1. The van der Waals surface area contributed by atoms with Crippen LogP contribution in [0.2, 0.25) is 0 Å². The zero-order valence-corrected chi connectivity index (χ0v) is 13.9. The topological polar surface area (TPSA) is 52.6 Å². The van der Waals surface area contributed by atoms with E-state index in [0.717, 1.165) is 23.1 Å². The number of rotatable bonds is 6. The number of hydrogen-bond acceptors (Lipinski definition) is 3. The van der Waals surface area contributed by atoms with Gasteiger partial charge in [-0.25, -0.2) is 0 Å². The van der Waals surface area contributed by atoms with Crippen LogP contribution in [0.4, 0.5) is 0 Å². The van der Waals surface area contributed by atoms with Crippen molar-refractivity contribution in [1.82, 2.24) is 10.2 Å². The number of benzene rings is 2. The zero-order chi connectivity index (χ0) is 16.8. The largest absolute Gasteiger partial charge is 0.508 e. The van der Waals surface area contributed by atoms with Gasteiger partial charge in [0.25, 0.3) is 0 Å². The summed E-state index contributed by atoms with van der Waals surface area (Å²) in [7, 11) is 3.82. The number of phenols is 1. The predicted octanol–water partition coefficient (Wildman–Crippen LogP) is 2.66. The van der Waals surface area contributed by atoms with Gasteiger partial charge in [0.2, 0.25) is 5.91 Å². The molecule has 4 nitrogen and oxygen atoms in total. The first-order valence-corrected chi connectivity index (χ1v) is 7.76. The summed E-state index contributed by atoms with van der Waals surface area (Å²) in [4.78, 5) is 14.5. The highest BCUT2D eigenvalue weighted by atomic mass is 16.3. The molecule has 2 rings (SSSR count). The van der Waals surface area contributed by atoms with Crippen LogP contribution in [0.25, 0.3) is 0 Å². The van der Waals surface area contributed by atoms with Crippen LogP contribution in [0.1, 0.15) is 22.7 Å². The average Bonchev–Trinajstić information content (AvgIpc) is 2.49. The van der Waals surface area contributed by atoms with Crippen LogP contribution in [0.5, 0.6) is 5.75 Å². The summed E-state index contributed by atoms with van der Waals surface area (Å²) in [6.07, 6.45) is 0.736. The van der Waals surface area contributed by atoms with Gasteiger partial charge >= 0.3 is 0 Å². The molecule has 1 atom stereocenters. The van der Waals surface area contributed by atoms with Crippen LogP contribution in [0.15, 0.2) is 48.5 Å². The summed E-state index contributed by atoms with van der Waals surface area (Å²) in [6.45, 7) is 2.60. The molecule has 0 spiro atoms. The lowest BCUT2D eigenvalue weighted by Crippen LogP contribution is -2.37. The Kier molecular flexibility index (Phi) is 5.77. The van der Waals surface area contributed by atoms with Crippen molar-refractivity contribution in [3.05, 3.63) is 65.2 Å². The van der Waals surface area contributed by atoms with Gasteiger partial charge < -0.3 is 10.4 Å². The molecule has 0 aliphatic carbocycles. The van der Waals surface area contributed by atoms with E-state index in [0.29, 0.717) is 6.54 Å². The Morgan fingerprint density at radius 2 is 1.87 bits per heavy atom. The summed E-state index contributed by atoms with van der Waals surface area (Å²) in [6, 6.07) is 14.8. The average molecular weight is 312 g/mol. The Hall–Kier alpha value is -2.33. The number of phenolic OH excluding ortho intramolecular Hbond substituents is 1. The van der Waals surface area contributed by atoms with Crippen molar-refractivity contribution in [2.24, 2.45) is 0 Å². The molecule has 0 fully saturated rings. The standard InChI is InChI=1S/C19H24N2O2/c1-14-5-4-6-16(13-14)18(21(2)3)19(23)20-12-11-15-7-9-17(22)10-8-15/h4-10,13,18,22H,11-12H2,1-3H3,(H,20,23)/t18-/m0/s1. The Morgan fingerprint density at radius 3 is 2.48 bits per heavy atom. The van der Waals surface area contributed by atoms with Gasteiger partial charge in [0, 0.05) is 6.54 Å². The molecule has 0 unspecified atom stereocenters. The van der Waals surface area contributed by atoms with Gasteiger partial charge in [-0.05, 0) is 50.7 Å². The fourth-order valence-electron chi connectivity index (χ4n) is 2.61. The molecule has 2 aromatic rings. The van der Waals surface area contributed by atoms with E-state index < -0.39 is 0 Å². The molecule has 0 aromatic heterocycles. The molecule has 2 aromatic carbocycles. The van der Waals surface area contributed by atoms with Crippen LogP contribution >= 0.6 is 0 Å². The maximum absolute atomic E-state index is 12.5. The van der Waals surface area contributed by atoms with Gasteiger partial charge in [0.05, 0.1) is 0 Å². The van der Waals surface area contributed by atoms with E-state index in [2.05, 4.69) is 5.32 Å². The molecule has 0 heterocycles. The quantitative estimate of drug-likeness (QED) is 0.862. The minimum atomic E-state index is -0.297. The highest BCUT2D eigenvalue weighted by Gasteiger charge is 2.22. The third-order valence-electron chi connectivity index (χ3n) is 3.77. The van der Waals surface area contributed by atoms with Crippen molar-refractivity contribution >= 4 is 5.91 Å². The molecule has 0 aliphatic heterocycles. The Balaban J connectivity index is 1.97. The fourth-order valence-corrected chi connectivity index (χ4v) is 2.61. The fraction of sp³-hybridized carbons (Fsp3) is 0.316. The molecule has 0 bridgehead atoms. The number of aromatic hydroxyl groups is 1. The second kappa shape index (κ2) is 7.79. The van der Waals surface area contributed by atoms with Crippen molar-refractivity contribution in [2.45, 2.75) is 19.4 Å². The van der Waals surface area contributed by atoms with Gasteiger partial charge in [-0.3, -0.25) is 9.69 Å². The first kappa shape index (κ1) is 17.0. The lowest BCUT2D eigenvalue weighted by molar-refractivity contribution is -0.125. The molecule has 0 aliphatic rings. The summed E-state index contributed by atoms with van der Waals surface area (Å²) >= 11 is 0. The van der Waals surface area contributed by atoms with E-state index in [1.807, 2.05) is 62.3 Å². The number of carbonyl (C=O) groups excluding carboxylic acids is 1. The lowest BCUT2D eigenvalue weighted by atomic mass is 10.0. The van der Waals surface area contributed by atoms with Crippen LogP contribution in [-0.2, 0) is 11.2 Å². The summed E-state index contributed by atoms with van der Waals surface area (Å²) in [5.41, 5.74) is 3.23. The minimum Gasteiger partial charge on any atom is -0.508 e. The second-order valence-electron chi connectivity index (χ2n) is 5.99. The number of nitrogens with one attached hydrogen (secondary N) is 1. The monoisotopic (exact) mass is 312 g/mol. The predicted molar refractivity (Wildman–Crippen MR) is 92.4 cm³/mol. The van der Waals surface area contributed by atoms with Crippen LogP contribution < -0.4 is 5.32 Å². The second-order valence-corrected chi connectivity index (χ2v) is 5.99. The molecular weight excluding hydrogens is 288 g/mol. The van der Waals surface area contributed by atoms with Crippen molar-refractivity contribution in [2.75, 3.05) is 20.6 Å². The van der Waals surface area contributed by atoms with Crippen molar-refractivity contribution < 1.29 is 9.90 Å². The first-order valence-electron chi connectivity index (χ1n) is 7.76. The van der Waals surface area contributed by atoms with Crippen molar-refractivity contribution in [1.29, 1.82) is 0 Å². The minimum absolute atomic E-state index is 0.000576. The Morgan fingerprint density at radius 1 is 1.17 bits per heavy atom. The molecular formula is C19H24N2O2. The van der Waals surface area contributed by atoms with E-state index in [1.54, 1.807) is 12.1 Å². The van der Waals surface area contributed by atoms with Gasteiger partial charge in [-0.2, -0.15) is 0 Å². The Labute approximate surface area is 137 Å².